The molecule has 3 fully saturated rings. The van der Waals surface area contributed by atoms with Crippen LogP contribution in [0.15, 0.2) is 18.2 Å². The number of hydrogen-bond acceptors (Lipinski definition) is 3. The van der Waals surface area contributed by atoms with E-state index in [0.717, 1.165) is 56.5 Å². The van der Waals surface area contributed by atoms with Gasteiger partial charge in [-0.15, -0.1) is 0 Å². The van der Waals surface area contributed by atoms with Gasteiger partial charge in [0.25, 0.3) is 0 Å². The average Bonchev–Trinajstić information content (AvgIpc) is 3.21. The van der Waals surface area contributed by atoms with E-state index >= 15 is 0 Å². The number of nitrogens with zero attached hydrogens (tertiary/aromatic N) is 2. The zero-order valence-electron chi connectivity index (χ0n) is 14.4. The summed E-state index contributed by atoms with van der Waals surface area (Å²) in [6.07, 6.45) is 3.48. The van der Waals surface area contributed by atoms with Gasteiger partial charge in [-0.3, -0.25) is 4.79 Å². The maximum absolute atomic E-state index is 13.4. The summed E-state index contributed by atoms with van der Waals surface area (Å²) in [5.41, 5.74) is 0.767. The highest BCUT2D eigenvalue weighted by atomic mass is 19.1. The maximum atomic E-state index is 13.4. The van der Waals surface area contributed by atoms with Gasteiger partial charge in [0.15, 0.2) is 0 Å². The summed E-state index contributed by atoms with van der Waals surface area (Å²) in [7, 11) is 1.56. The second kappa shape index (κ2) is 5.64. The predicted molar refractivity (Wildman–Crippen MR) is 90.7 cm³/mol. The van der Waals surface area contributed by atoms with Gasteiger partial charge in [0.05, 0.1) is 12.8 Å². The number of carbonyl (C=O) groups is 1. The highest BCUT2D eigenvalue weighted by Crippen LogP contribution is 2.60. The van der Waals surface area contributed by atoms with Gasteiger partial charge in [-0.1, -0.05) is 6.92 Å². The summed E-state index contributed by atoms with van der Waals surface area (Å²) in [5.74, 6) is 2.21. The zero-order chi connectivity index (χ0) is 16.9. The van der Waals surface area contributed by atoms with Crippen molar-refractivity contribution in [2.45, 2.75) is 26.2 Å². The molecule has 24 heavy (non-hydrogen) atoms. The molecule has 4 nitrogen and oxygen atoms in total. The van der Waals surface area contributed by atoms with E-state index in [0.29, 0.717) is 11.7 Å². The minimum absolute atomic E-state index is 0.136. The Bertz CT molecular complexity index is 645. The molecule has 2 atom stereocenters. The molecule has 5 heteroatoms. The first kappa shape index (κ1) is 15.7. The molecule has 0 spiro atoms. The average molecular weight is 332 g/mol. The molecule has 4 rings (SSSR count). The van der Waals surface area contributed by atoms with Crippen molar-refractivity contribution in [2.75, 3.05) is 38.2 Å². The molecule has 2 aliphatic carbocycles. The minimum Gasteiger partial charge on any atom is -0.494 e. The number of anilines is 1. The van der Waals surface area contributed by atoms with Gasteiger partial charge in [0.1, 0.15) is 11.6 Å². The molecule has 2 saturated carbocycles. The number of fused-ring (bicyclic) bond motifs is 1. The van der Waals surface area contributed by atoms with E-state index in [1.54, 1.807) is 13.2 Å². The summed E-state index contributed by atoms with van der Waals surface area (Å²) in [5, 5.41) is 0. The summed E-state index contributed by atoms with van der Waals surface area (Å²) < 4.78 is 18.7. The monoisotopic (exact) mass is 332 g/mol. The first-order chi connectivity index (χ1) is 11.5. The van der Waals surface area contributed by atoms with Gasteiger partial charge in [0, 0.05) is 37.7 Å². The van der Waals surface area contributed by atoms with Gasteiger partial charge in [-0.05, 0) is 43.2 Å². The number of methoxy groups -OCH3 is 1. The number of hydrogen-bond donors (Lipinski definition) is 0. The molecule has 1 saturated heterocycles. The van der Waals surface area contributed by atoms with Crippen LogP contribution >= 0.6 is 0 Å². The Kier molecular flexibility index (Phi) is 3.70. The van der Waals surface area contributed by atoms with Crippen LogP contribution < -0.4 is 9.64 Å². The number of benzene rings is 1. The number of ether oxygens (including phenoxy) is 1. The Labute approximate surface area is 142 Å². The molecule has 1 aromatic rings. The van der Waals surface area contributed by atoms with E-state index in [1.165, 1.54) is 18.6 Å². The van der Waals surface area contributed by atoms with E-state index < -0.39 is 0 Å². The number of carbonyl (C=O) groups excluding carboxylic acids is 1. The third-order valence-electron chi connectivity index (χ3n) is 6.06. The SMILES string of the molecule is COc1cc(F)ccc1N1CCN(C(=O)C2(C)CC3CC3C2)CC1. The van der Waals surface area contributed by atoms with Crippen molar-refractivity contribution in [3.8, 4) is 5.75 Å². The minimum atomic E-state index is -0.294. The molecular weight excluding hydrogens is 307 g/mol. The predicted octanol–water partition coefficient (Wildman–Crippen LogP) is 2.92. The van der Waals surface area contributed by atoms with E-state index in [9.17, 15) is 9.18 Å². The molecule has 130 valence electrons. The van der Waals surface area contributed by atoms with Gasteiger partial charge in [-0.25, -0.2) is 4.39 Å². The van der Waals surface area contributed by atoms with Crippen LogP contribution in [0.4, 0.5) is 10.1 Å². The van der Waals surface area contributed by atoms with Crippen molar-refractivity contribution in [3.05, 3.63) is 24.0 Å². The molecule has 3 aliphatic rings. The topological polar surface area (TPSA) is 32.8 Å². The number of rotatable bonds is 3. The standard InChI is InChI=1S/C19H25FN2O2/c1-19(11-13-9-14(13)12-19)18(23)22-7-5-21(6-8-22)16-4-3-15(20)10-17(16)24-2/h3-4,10,13-14H,5-9,11-12H2,1-2H3. The summed E-state index contributed by atoms with van der Waals surface area (Å²) in [6, 6.07) is 4.64. The third kappa shape index (κ3) is 2.64. The molecular formula is C19H25FN2O2. The molecule has 1 aliphatic heterocycles. The quantitative estimate of drug-likeness (QED) is 0.853. The Morgan fingerprint density at radius 2 is 1.88 bits per heavy atom. The van der Waals surface area contributed by atoms with Gasteiger partial charge in [0.2, 0.25) is 5.91 Å². The first-order valence-electron chi connectivity index (χ1n) is 8.88. The number of piperazine rings is 1. The second-order valence-electron chi connectivity index (χ2n) is 7.82. The highest BCUT2D eigenvalue weighted by molar-refractivity contribution is 5.83. The van der Waals surface area contributed by atoms with E-state index in [2.05, 4.69) is 11.8 Å². The summed E-state index contributed by atoms with van der Waals surface area (Å²) >= 11 is 0. The Hall–Kier alpha value is -1.78. The molecule has 2 unspecified atom stereocenters. The lowest BCUT2D eigenvalue weighted by molar-refractivity contribution is -0.141. The fraction of sp³-hybridized carbons (Fsp3) is 0.632. The Balaban J connectivity index is 1.41. The normalized spacial score (nSPS) is 31.8. The van der Waals surface area contributed by atoms with Crippen LogP contribution in [-0.2, 0) is 4.79 Å². The van der Waals surface area contributed by atoms with Crippen molar-refractivity contribution in [1.29, 1.82) is 0 Å². The molecule has 0 bridgehead atoms. The fourth-order valence-electron chi connectivity index (χ4n) is 4.67. The smallest absolute Gasteiger partial charge is 0.228 e. The van der Waals surface area contributed by atoms with Crippen molar-refractivity contribution in [2.24, 2.45) is 17.3 Å². The molecule has 1 heterocycles. The zero-order valence-corrected chi connectivity index (χ0v) is 14.4. The van der Waals surface area contributed by atoms with Crippen molar-refractivity contribution in [1.82, 2.24) is 4.90 Å². The van der Waals surface area contributed by atoms with Gasteiger partial charge in [-0.2, -0.15) is 0 Å². The van der Waals surface area contributed by atoms with Crippen LogP contribution in [0.25, 0.3) is 0 Å². The number of amides is 1. The van der Waals surface area contributed by atoms with Gasteiger partial charge >= 0.3 is 0 Å². The van der Waals surface area contributed by atoms with E-state index in [4.69, 9.17) is 4.74 Å². The van der Waals surface area contributed by atoms with Crippen LogP contribution in [0.1, 0.15) is 26.2 Å². The van der Waals surface area contributed by atoms with E-state index in [-0.39, 0.29) is 11.2 Å². The first-order valence-corrected chi connectivity index (χ1v) is 8.88. The number of halogens is 1. The largest absolute Gasteiger partial charge is 0.494 e. The maximum Gasteiger partial charge on any atom is 0.228 e. The van der Waals surface area contributed by atoms with Crippen molar-refractivity contribution in [3.63, 3.8) is 0 Å². The lowest BCUT2D eigenvalue weighted by Gasteiger charge is -2.40. The molecule has 1 aromatic carbocycles. The van der Waals surface area contributed by atoms with Crippen LogP contribution in [0.2, 0.25) is 0 Å². The summed E-state index contributed by atoms with van der Waals surface area (Å²) in [6.45, 7) is 5.12. The van der Waals surface area contributed by atoms with Crippen LogP contribution in [-0.4, -0.2) is 44.1 Å². The molecule has 1 amide bonds. The molecule has 0 aromatic heterocycles. The third-order valence-corrected chi connectivity index (χ3v) is 6.06. The second-order valence-corrected chi connectivity index (χ2v) is 7.82. The van der Waals surface area contributed by atoms with Crippen LogP contribution in [0.5, 0.6) is 5.75 Å². The van der Waals surface area contributed by atoms with Crippen molar-refractivity contribution < 1.29 is 13.9 Å². The lowest BCUT2D eigenvalue weighted by atomic mass is 9.83. The Morgan fingerprint density at radius 3 is 2.50 bits per heavy atom. The van der Waals surface area contributed by atoms with Gasteiger partial charge < -0.3 is 14.5 Å². The summed E-state index contributed by atoms with van der Waals surface area (Å²) in [4.78, 5) is 17.1. The molecule has 0 N–H and O–H groups in total. The lowest BCUT2D eigenvalue weighted by Crippen LogP contribution is -2.52. The van der Waals surface area contributed by atoms with Crippen molar-refractivity contribution >= 4 is 11.6 Å². The van der Waals surface area contributed by atoms with Crippen LogP contribution in [0, 0.1) is 23.1 Å². The molecule has 0 radical (unpaired) electrons. The van der Waals surface area contributed by atoms with Crippen LogP contribution in [0.3, 0.4) is 0 Å². The highest BCUT2D eigenvalue weighted by Gasteiger charge is 2.55. The van der Waals surface area contributed by atoms with E-state index in [1.807, 2.05) is 4.90 Å². The Morgan fingerprint density at radius 1 is 1.21 bits per heavy atom. The fourth-order valence-corrected chi connectivity index (χ4v) is 4.67.